The summed E-state index contributed by atoms with van der Waals surface area (Å²) in [5, 5.41) is 20.8. The predicted octanol–water partition coefficient (Wildman–Crippen LogP) is -2.22. The Hall–Kier alpha value is -1.02. The lowest BCUT2D eigenvalue weighted by Crippen LogP contribution is -2.48. The normalized spacial score (nSPS) is 33.8. The molecule has 4 atom stereocenters. The highest BCUT2D eigenvalue weighted by atomic mass is 16.7. The van der Waals surface area contributed by atoms with Gasteiger partial charge in [0.05, 0.1) is 0 Å². The third-order valence-corrected chi connectivity index (χ3v) is 2.33. The van der Waals surface area contributed by atoms with E-state index in [-0.39, 0.29) is 5.91 Å². The second-order valence-electron chi connectivity index (χ2n) is 3.50. The maximum atomic E-state index is 11.2. The fourth-order valence-corrected chi connectivity index (χ4v) is 1.61. The molecular formula is C9H15NO6. The summed E-state index contributed by atoms with van der Waals surface area (Å²) in [4.78, 5) is 22.1. The number of ketones is 1. The van der Waals surface area contributed by atoms with Crippen molar-refractivity contribution in [2.24, 2.45) is 0 Å². The van der Waals surface area contributed by atoms with Crippen LogP contribution in [0.3, 0.4) is 0 Å². The SMILES string of the molecule is CO[C@@H]1O[C@H](C(=O)CO)[C@H](O)[C@H]1NC(C)=O. The summed E-state index contributed by atoms with van der Waals surface area (Å²) in [6.07, 6.45) is -3.31. The van der Waals surface area contributed by atoms with Gasteiger partial charge >= 0.3 is 0 Å². The molecule has 0 radical (unpaired) electrons. The highest BCUT2D eigenvalue weighted by Crippen LogP contribution is 2.22. The van der Waals surface area contributed by atoms with Crippen molar-refractivity contribution >= 4 is 11.7 Å². The highest BCUT2D eigenvalue weighted by molar-refractivity contribution is 5.85. The van der Waals surface area contributed by atoms with Crippen molar-refractivity contribution in [1.82, 2.24) is 5.32 Å². The first-order valence-electron chi connectivity index (χ1n) is 4.78. The molecule has 3 N–H and O–H groups in total. The smallest absolute Gasteiger partial charge is 0.217 e. The topological polar surface area (TPSA) is 105 Å². The molecule has 1 aliphatic heterocycles. The van der Waals surface area contributed by atoms with Gasteiger partial charge in [0, 0.05) is 14.0 Å². The van der Waals surface area contributed by atoms with Crippen LogP contribution in [-0.4, -0.2) is 60.2 Å². The van der Waals surface area contributed by atoms with Gasteiger partial charge in [-0.2, -0.15) is 0 Å². The average Bonchev–Trinajstić information content (AvgIpc) is 2.55. The molecule has 1 fully saturated rings. The van der Waals surface area contributed by atoms with E-state index in [1.54, 1.807) is 0 Å². The summed E-state index contributed by atoms with van der Waals surface area (Å²) >= 11 is 0. The molecule has 1 aliphatic rings. The number of hydrogen-bond acceptors (Lipinski definition) is 6. The third-order valence-electron chi connectivity index (χ3n) is 2.33. The Morgan fingerprint density at radius 1 is 1.50 bits per heavy atom. The van der Waals surface area contributed by atoms with Gasteiger partial charge in [-0.15, -0.1) is 0 Å². The monoisotopic (exact) mass is 233 g/mol. The van der Waals surface area contributed by atoms with Crippen molar-refractivity contribution in [3.8, 4) is 0 Å². The number of amides is 1. The molecule has 1 amide bonds. The van der Waals surface area contributed by atoms with Crippen LogP contribution in [0, 0.1) is 0 Å². The second kappa shape index (κ2) is 5.35. The number of methoxy groups -OCH3 is 1. The summed E-state index contributed by atoms with van der Waals surface area (Å²) in [6.45, 7) is 0.547. The number of Topliss-reactive ketones (excluding diaryl/α,β-unsaturated/α-hetero) is 1. The molecule has 0 aromatic rings. The minimum Gasteiger partial charge on any atom is -0.388 e. The van der Waals surface area contributed by atoms with Crippen LogP contribution in [0.25, 0.3) is 0 Å². The summed E-state index contributed by atoms with van der Waals surface area (Å²) in [5.41, 5.74) is 0. The van der Waals surface area contributed by atoms with E-state index in [9.17, 15) is 14.7 Å². The van der Waals surface area contributed by atoms with Crippen molar-refractivity contribution in [3.63, 3.8) is 0 Å². The Kier molecular flexibility index (Phi) is 4.36. The largest absolute Gasteiger partial charge is 0.388 e. The first-order valence-corrected chi connectivity index (χ1v) is 4.78. The van der Waals surface area contributed by atoms with E-state index in [2.05, 4.69) is 5.32 Å². The molecule has 16 heavy (non-hydrogen) atoms. The fraction of sp³-hybridized carbons (Fsp3) is 0.778. The molecule has 0 spiro atoms. The molecule has 0 unspecified atom stereocenters. The summed E-state index contributed by atoms with van der Waals surface area (Å²) in [5.74, 6) is -1.02. The van der Waals surface area contributed by atoms with Crippen LogP contribution in [0.5, 0.6) is 0 Å². The Balaban J connectivity index is 2.76. The first-order chi connectivity index (χ1) is 7.51. The molecule has 0 saturated carbocycles. The Morgan fingerprint density at radius 2 is 2.12 bits per heavy atom. The first kappa shape index (κ1) is 13.0. The van der Waals surface area contributed by atoms with Gasteiger partial charge in [-0.1, -0.05) is 0 Å². The van der Waals surface area contributed by atoms with Gasteiger partial charge in [0.2, 0.25) is 5.91 Å². The van der Waals surface area contributed by atoms with Gasteiger partial charge in [-0.3, -0.25) is 9.59 Å². The van der Waals surface area contributed by atoms with E-state index in [1.165, 1.54) is 14.0 Å². The van der Waals surface area contributed by atoms with Crippen molar-refractivity contribution in [2.75, 3.05) is 13.7 Å². The third kappa shape index (κ3) is 2.56. The minimum atomic E-state index is -1.23. The van der Waals surface area contributed by atoms with E-state index in [0.29, 0.717) is 0 Å². The van der Waals surface area contributed by atoms with Crippen LogP contribution in [0.1, 0.15) is 6.92 Å². The van der Waals surface area contributed by atoms with Crippen LogP contribution in [-0.2, 0) is 19.1 Å². The number of ether oxygens (including phenoxy) is 2. The number of carbonyl (C=O) groups is 2. The maximum absolute atomic E-state index is 11.2. The lowest BCUT2D eigenvalue weighted by Gasteiger charge is -2.19. The highest BCUT2D eigenvalue weighted by Gasteiger charge is 2.47. The number of rotatable bonds is 4. The van der Waals surface area contributed by atoms with Crippen LogP contribution in [0.2, 0.25) is 0 Å². The molecular weight excluding hydrogens is 218 g/mol. The average molecular weight is 233 g/mol. The molecule has 0 aromatic heterocycles. The molecule has 0 bridgehead atoms. The quantitative estimate of drug-likeness (QED) is 0.508. The van der Waals surface area contributed by atoms with Crippen molar-refractivity contribution < 1.29 is 29.3 Å². The zero-order valence-corrected chi connectivity index (χ0v) is 9.04. The zero-order chi connectivity index (χ0) is 12.3. The van der Waals surface area contributed by atoms with Crippen molar-refractivity contribution in [1.29, 1.82) is 0 Å². The van der Waals surface area contributed by atoms with E-state index < -0.39 is 36.9 Å². The van der Waals surface area contributed by atoms with Gasteiger partial charge in [-0.05, 0) is 0 Å². The van der Waals surface area contributed by atoms with E-state index in [0.717, 1.165) is 0 Å². The van der Waals surface area contributed by atoms with Crippen LogP contribution in [0.15, 0.2) is 0 Å². The molecule has 1 rings (SSSR count). The fourth-order valence-electron chi connectivity index (χ4n) is 1.61. The van der Waals surface area contributed by atoms with E-state index in [4.69, 9.17) is 14.6 Å². The standard InChI is InChI=1S/C9H15NO6/c1-4(12)10-6-7(14)8(5(13)3-11)16-9(6)15-2/h6-9,11,14H,3H2,1-2H3,(H,10,12)/t6-,7-,8-,9-/m1/s1. The molecule has 0 aromatic carbocycles. The maximum Gasteiger partial charge on any atom is 0.217 e. The number of carbonyl (C=O) groups excluding carboxylic acids is 2. The number of aliphatic hydroxyl groups is 2. The Labute approximate surface area is 92.3 Å². The molecule has 0 aliphatic carbocycles. The Bertz CT molecular complexity index is 281. The van der Waals surface area contributed by atoms with Gasteiger partial charge < -0.3 is 25.0 Å². The molecule has 92 valence electrons. The molecule has 1 heterocycles. The van der Waals surface area contributed by atoms with Crippen LogP contribution in [0.4, 0.5) is 0 Å². The van der Waals surface area contributed by atoms with E-state index >= 15 is 0 Å². The van der Waals surface area contributed by atoms with Crippen LogP contribution < -0.4 is 5.32 Å². The summed E-state index contributed by atoms with van der Waals surface area (Å²) in [6, 6.07) is -0.817. The number of nitrogens with one attached hydrogen (secondary N) is 1. The molecule has 7 nitrogen and oxygen atoms in total. The number of hydrogen-bond donors (Lipinski definition) is 3. The summed E-state index contributed by atoms with van der Waals surface area (Å²) in [7, 11) is 1.33. The van der Waals surface area contributed by atoms with E-state index in [1.807, 2.05) is 0 Å². The van der Waals surface area contributed by atoms with Crippen molar-refractivity contribution in [2.45, 2.75) is 31.5 Å². The van der Waals surface area contributed by atoms with Crippen molar-refractivity contribution in [3.05, 3.63) is 0 Å². The molecule has 1 saturated heterocycles. The minimum absolute atomic E-state index is 0.369. The second-order valence-corrected chi connectivity index (χ2v) is 3.50. The van der Waals surface area contributed by atoms with Gasteiger partial charge in [0.25, 0.3) is 0 Å². The molecule has 7 heteroatoms. The predicted molar refractivity (Wildman–Crippen MR) is 51.4 cm³/mol. The van der Waals surface area contributed by atoms with Gasteiger partial charge in [0.1, 0.15) is 24.9 Å². The summed E-state index contributed by atoms with van der Waals surface area (Å²) < 4.78 is 9.98. The Morgan fingerprint density at radius 3 is 2.56 bits per heavy atom. The van der Waals surface area contributed by atoms with Crippen LogP contribution >= 0.6 is 0 Å². The van der Waals surface area contributed by atoms with Gasteiger partial charge in [-0.25, -0.2) is 0 Å². The van der Waals surface area contributed by atoms with Gasteiger partial charge in [0.15, 0.2) is 12.1 Å². The zero-order valence-electron chi connectivity index (χ0n) is 9.04. The lowest BCUT2D eigenvalue weighted by atomic mass is 10.1. The lowest BCUT2D eigenvalue weighted by molar-refractivity contribution is -0.153. The number of aliphatic hydroxyl groups excluding tert-OH is 2.